The molecule has 2 atom stereocenters. The van der Waals surface area contributed by atoms with Crippen molar-refractivity contribution >= 4 is 13.5 Å². The van der Waals surface area contributed by atoms with Gasteiger partial charge in [0.25, 0.3) is 0 Å². The van der Waals surface area contributed by atoms with Gasteiger partial charge in [-0.05, 0) is 62.0 Å². The Morgan fingerprint density at radius 3 is 2.59 bits per heavy atom. The number of hydrogen-bond acceptors (Lipinski definition) is 2. The molecular weight excluding hydrogens is 288 g/mol. The van der Waals surface area contributed by atoms with Crippen LogP contribution in [0.5, 0.6) is 5.75 Å². The molecule has 3 heteroatoms. The Labute approximate surface area is 136 Å². The van der Waals surface area contributed by atoms with Gasteiger partial charge in [-0.3, -0.25) is 0 Å². The summed E-state index contributed by atoms with van der Waals surface area (Å²) in [5.74, 6) is 1.73. The zero-order valence-corrected chi connectivity index (χ0v) is 15.3. The van der Waals surface area contributed by atoms with E-state index in [0.29, 0.717) is 6.10 Å². The third kappa shape index (κ3) is 4.72. The van der Waals surface area contributed by atoms with Crippen molar-refractivity contribution in [2.45, 2.75) is 57.7 Å². The van der Waals surface area contributed by atoms with Gasteiger partial charge in [-0.1, -0.05) is 31.1 Å². The summed E-state index contributed by atoms with van der Waals surface area (Å²) in [6.07, 6.45) is 9.99. The minimum absolute atomic E-state index is 0.437. The molecule has 0 spiro atoms. The molecule has 1 aliphatic rings. The molecule has 2 rings (SSSR count). The second-order valence-electron chi connectivity index (χ2n) is 6.88. The zero-order valence-electron chi connectivity index (χ0n) is 14.3. The van der Waals surface area contributed by atoms with E-state index in [4.69, 9.17) is 9.16 Å². The third-order valence-corrected chi connectivity index (χ3v) is 7.41. The van der Waals surface area contributed by atoms with Crippen LogP contribution in [0, 0.1) is 5.92 Å². The molecule has 1 fully saturated rings. The lowest BCUT2D eigenvalue weighted by Crippen LogP contribution is -2.48. The van der Waals surface area contributed by atoms with Crippen LogP contribution in [-0.2, 0) is 4.43 Å². The van der Waals surface area contributed by atoms with Crippen molar-refractivity contribution in [1.29, 1.82) is 0 Å². The van der Waals surface area contributed by atoms with Crippen LogP contribution in [0.15, 0.2) is 36.9 Å². The van der Waals surface area contributed by atoms with E-state index in [1.165, 1.54) is 37.3 Å². The average Bonchev–Trinajstić information content (AvgIpc) is 2.53. The van der Waals surface area contributed by atoms with E-state index in [1.54, 1.807) is 7.11 Å². The van der Waals surface area contributed by atoms with Gasteiger partial charge in [-0.2, -0.15) is 0 Å². The second-order valence-corrected chi connectivity index (χ2v) is 10.7. The fourth-order valence-corrected chi connectivity index (χ4v) is 5.59. The number of allylic oxidation sites excluding steroid dienone is 1. The lowest BCUT2D eigenvalue weighted by atomic mass is 9.84. The Bertz CT molecular complexity index is 467. The summed E-state index contributed by atoms with van der Waals surface area (Å²) in [5.41, 5.74) is 0. The number of methoxy groups -OCH3 is 1. The predicted molar refractivity (Wildman–Crippen MR) is 96.4 cm³/mol. The molecule has 2 nitrogen and oxygen atoms in total. The van der Waals surface area contributed by atoms with Gasteiger partial charge in [0.1, 0.15) is 5.75 Å². The maximum Gasteiger partial charge on any atom is 0.218 e. The Kier molecular flexibility index (Phi) is 6.27. The van der Waals surface area contributed by atoms with E-state index in [2.05, 4.69) is 31.8 Å². The maximum absolute atomic E-state index is 6.62. The number of benzene rings is 1. The second kappa shape index (κ2) is 7.98. The van der Waals surface area contributed by atoms with Gasteiger partial charge in [-0.25, -0.2) is 0 Å². The number of hydrogen-bond donors (Lipinski definition) is 0. The highest BCUT2D eigenvalue weighted by molar-refractivity contribution is 6.84. The first-order valence-electron chi connectivity index (χ1n) is 8.48. The predicted octanol–water partition coefficient (Wildman–Crippen LogP) is 4.65. The normalized spacial score (nSPS) is 22.3. The summed E-state index contributed by atoms with van der Waals surface area (Å²) in [6, 6.07) is 8.43. The minimum atomic E-state index is -1.84. The van der Waals surface area contributed by atoms with E-state index in [0.717, 1.165) is 18.1 Å². The van der Waals surface area contributed by atoms with Gasteiger partial charge in [0.2, 0.25) is 8.32 Å². The van der Waals surface area contributed by atoms with Crippen molar-refractivity contribution < 1.29 is 9.16 Å². The first-order chi connectivity index (χ1) is 10.5. The first-order valence-corrected chi connectivity index (χ1v) is 11.4. The van der Waals surface area contributed by atoms with Crippen LogP contribution in [0.2, 0.25) is 13.1 Å². The molecule has 1 aromatic carbocycles. The van der Waals surface area contributed by atoms with Crippen LogP contribution in [0.25, 0.3) is 0 Å². The molecule has 0 N–H and O–H groups in total. The molecular formula is C19H30O2Si. The first kappa shape index (κ1) is 17.3. The molecule has 0 bridgehead atoms. The third-order valence-electron chi connectivity index (χ3n) is 4.76. The van der Waals surface area contributed by atoms with Crippen LogP contribution >= 0.6 is 0 Å². The van der Waals surface area contributed by atoms with Gasteiger partial charge in [0, 0.05) is 6.10 Å². The Balaban J connectivity index is 1.96. The van der Waals surface area contributed by atoms with E-state index in [-0.39, 0.29) is 0 Å². The Morgan fingerprint density at radius 2 is 1.95 bits per heavy atom. The topological polar surface area (TPSA) is 18.5 Å². The van der Waals surface area contributed by atoms with Gasteiger partial charge in [0.05, 0.1) is 7.11 Å². The monoisotopic (exact) mass is 318 g/mol. The molecule has 0 radical (unpaired) electrons. The van der Waals surface area contributed by atoms with E-state index < -0.39 is 8.32 Å². The van der Waals surface area contributed by atoms with Gasteiger partial charge < -0.3 is 9.16 Å². The number of ether oxygens (including phenoxy) is 1. The van der Waals surface area contributed by atoms with E-state index in [1.807, 2.05) is 18.2 Å². The fourth-order valence-electron chi connectivity index (χ4n) is 3.44. The van der Waals surface area contributed by atoms with Crippen LogP contribution in [-0.4, -0.2) is 21.5 Å². The van der Waals surface area contributed by atoms with E-state index >= 15 is 0 Å². The van der Waals surface area contributed by atoms with Crippen molar-refractivity contribution in [2.75, 3.05) is 7.11 Å². The zero-order chi connectivity index (χ0) is 16.0. The van der Waals surface area contributed by atoms with Crippen LogP contribution < -0.4 is 9.92 Å². The lowest BCUT2D eigenvalue weighted by Gasteiger charge is -2.35. The van der Waals surface area contributed by atoms with Gasteiger partial charge >= 0.3 is 0 Å². The molecule has 0 unspecified atom stereocenters. The summed E-state index contributed by atoms with van der Waals surface area (Å²) >= 11 is 0. The molecule has 0 amide bonds. The Hall–Kier alpha value is -1.06. The lowest BCUT2D eigenvalue weighted by molar-refractivity contribution is 0.116. The molecule has 0 saturated heterocycles. The van der Waals surface area contributed by atoms with Gasteiger partial charge in [-0.15, -0.1) is 6.58 Å². The largest absolute Gasteiger partial charge is 0.497 e. The molecule has 1 aromatic rings. The van der Waals surface area contributed by atoms with Gasteiger partial charge in [0.15, 0.2) is 0 Å². The maximum atomic E-state index is 6.62. The van der Waals surface area contributed by atoms with Crippen LogP contribution in [0.3, 0.4) is 0 Å². The summed E-state index contributed by atoms with van der Waals surface area (Å²) in [4.78, 5) is 0. The van der Waals surface area contributed by atoms with Crippen molar-refractivity contribution in [1.82, 2.24) is 0 Å². The van der Waals surface area contributed by atoms with Crippen molar-refractivity contribution in [3.8, 4) is 5.75 Å². The smallest absolute Gasteiger partial charge is 0.218 e. The SMILES string of the molecule is C=CCC[C@@H]1CCC[C@@H](O[Si](C)(C)c2ccc(OC)cc2)C1. The average molecular weight is 319 g/mol. The summed E-state index contributed by atoms with van der Waals surface area (Å²) in [6.45, 7) is 8.46. The number of rotatable bonds is 7. The fraction of sp³-hybridized carbons (Fsp3) is 0.579. The molecule has 0 heterocycles. The quantitative estimate of drug-likeness (QED) is 0.538. The van der Waals surface area contributed by atoms with Crippen molar-refractivity contribution in [3.05, 3.63) is 36.9 Å². The van der Waals surface area contributed by atoms with Crippen LogP contribution in [0.4, 0.5) is 0 Å². The highest BCUT2D eigenvalue weighted by atomic mass is 28.4. The minimum Gasteiger partial charge on any atom is -0.497 e. The molecule has 22 heavy (non-hydrogen) atoms. The molecule has 0 aromatic heterocycles. The highest BCUT2D eigenvalue weighted by Gasteiger charge is 2.31. The standard InChI is InChI=1S/C19H30O2Si/c1-5-6-8-16-9-7-10-18(15-16)21-22(3,4)19-13-11-17(20-2)12-14-19/h5,11-14,16,18H,1,6-10,15H2,2-4H3/t16-,18-/m1/s1. The van der Waals surface area contributed by atoms with Crippen molar-refractivity contribution in [2.24, 2.45) is 5.92 Å². The van der Waals surface area contributed by atoms with Crippen LogP contribution in [0.1, 0.15) is 38.5 Å². The molecule has 1 saturated carbocycles. The summed E-state index contributed by atoms with van der Waals surface area (Å²) in [7, 11) is -0.131. The summed E-state index contributed by atoms with van der Waals surface area (Å²) < 4.78 is 11.9. The van der Waals surface area contributed by atoms with Crippen molar-refractivity contribution in [3.63, 3.8) is 0 Å². The molecule has 122 valence electrons. The molecule has 0 aliphatic heterocycles. The summed E-state index contributed by atoms with van der Waals surface area (Å²) in [5, 5.41) is 1.35. The highest BCUT2D eigenvalue weighted by Crippen LogP contribution is 2.31. The molecule has 1 aliphatic carbocycles. The van der Waals surface area contributed by atoms with E-state index in [9.17, 15) is 0 Å². The Morgan fingerprint density at radius 1 is 1.23 bits per heavy atom.